The first-order valence-electron chi connectivity index (χ1n) is 9.96. The minimum Gasteiger partial charge on any atom is -0.494 e. The van der Waals surface area contributed by atoms with Crippen LogP contribution in [-0.4, -0.2) is 12.7 Å². The Morgan fingerprint density at radius 3 is 2.46 bits per heavy atom. The van der Waals surface area contributed by atoms with E-state index in [4.69, 9.17) is 9.47 Å². The van der Waals surface area contributed by atoms with Gasteiger partial charge < -0.3 is 14.8 Å². The van der Waals surface area contributed by atoms with Gasteiger partial charge in [0.25, 0.3) is 0 Å². The van der Waals surface area contributed by atoms with Crippen molar-refractivity contribution in [1.82, 2.24) is 0 Å². The van der Waals surface area contributed by atoms with Crippen LogP contribution < -0.4 is 14.8 Å². The highest BCUT2D eigenvalue weighted by Gasteiger charge is 2.05. The average molecular weight is 376 g/mol. The molecule has 0 bridgehead atoms. The normalized spacial score (nSPS) is 10.7. The Kier molecular flexibility index (Phi) is 7.36. The largest absolute Gasteiger partial charge is 0.494 e. The molecule has 3 aromatic carbocycles. The SMILES string of the molecule is CC(C)Oc1ccccc1CNc1cccc(OCCCc2ccccc2)c1. The summed E-state index contributed by atoms with van der Waals surface area (Å²) >= 11 is 0. The van der Waals surface area contributed by atoms with Crippen molar-refractivity contribution >= 4 is 5.69 Å². The van der Waals surface area contributed by atoms with Gasteiger partial charge in [-0.15, -0.1) is 0 Å². The van der Waals surface area contributed by atoms with Gasteiger partial charge in [0.05, 0.1) is 12.7 Å². The monoisotopic (exact) mass is 375 g/mol. The van der Waals surface area contributed by atoms with E-state index in [1.165, 1.54) is 5.56 Å². The molecule has 146 valence electrons. The third-order valence-corrected chi connectivity index (χ3v) is 4.37. The highest BCUT2D eigenvalue weighted by Crippen LogP contribution is 2.22. The van der Waals surface area contributed by atoms with E-state index in [9.17, 15) is 0 Å². The summed E-state index contributed by atoms with van der Waals surface area (Å²) in [6, 6.07) is 26.8. The minimum absolute atomic E-state index is 0.161. The van der Waals surface area contributed by atoms with Gasteiger partial charge in [-0.2, -0.15) is 0 Å². The molecule has 0 aromatic heterocycles. The van der Waals surface area contributed by atoms with Gasteiger partial charge in [-0.3, -0.25) is 0 Å². The van der Waals surface area contributed by atoms with Crippen LogP contribution in [-0.2, 0) is 13.0 Å². The fourth-order valence-electron chi connectivity index (χ4n) is 3.02. The fraction of sp³-hybridized carbons (Fsp3) is 0.280. The summed E-state index contributed by atoms with van der Waals surface area (Å²) in [5.74, 6) is 1.82. The molecule has 3 nitrogen and oxygen atoms in total. The molecule has 0 aliphatic carbocycles. The van der Waals surface area contributed by atoms with E-state index in [0.717, 1.165) is 35.6 Å². The zero-order valence-electron chi connectivity index (χ0n) is 16.7. The average Bonchev–Trinajstić information content (AvgIpc) is 2.71. The molecule has 0 aliphatic rings. The van der Waals surface area contributed by atoms with E-state index < -0.39 is 0 Å². The smallest absolute Gasteiger partial charge is 0.124 e. The Hall–Kier alpha value is -2.94. The second kappa shape index (κ2) is 10.4. The molecule has 0 radical (unpaired) electrons. The lowest BCUT2D eigenvalue weighted by molar-refractivity contribution is 0.240. The number of hydrogen-bond donors (Lipinski definition) is 1. The van der Waals surface area contributed by atoms with E-state index in [2.05, 4.69) is 47.8 Å². The maximum absolute atomic E-state index is 5.93. The van der Waals surface area contributed by atoms with Crippen molar-refractivity contribution in [2.45, 2.75) is 39.3 Å². The number of aryl methyl sites for hydroxylation is 1. The summed E-state index contributed by atoms with van der Waals surface area (Å²) in [5.41, 5.74) is 3.54. The van der Waals surface area contributed by atoms with E-state index in [-0.39, 0.29) is 6.10 Å². The van der Waals surface area contributed by atoms with Gasteiger partial charge in [-0.05, 0) is 50.5 Å². The molecule has 3 aromatic rings. The predicted molar refractivity (Wildman–Crippen MR) is 116 cm³/mol. The molecule has 1 N–H and O–H groups in total. The number of para-hydroxylation sites is 1. The van der Waals surface area contributed by atoms with E-state index >= 15 is 0 Å². The molecule has 0 spiro atoms. The van der Waals surface area contributed by atoms with Crippen molar-refractivity contribution in [3.63, 3.8) is 0 Å². The molecule has 0 aliphatic heterocycles. The molecule has 28 heavy (non-hydrogen) atoms. The molecule has 0 atom stereocenters. The van der Waals surface area contributed by atoms with Crippen molar-refractivity contribution < 1.29 is 9.47 Å². The third-order valence-electron chi connectivity index (χ3n) is 4.37. The second-order valence-electron chi connectivity index (χ2n) is 7.09. The van der Waals surface area contributed by atoms with Crippen LogP contribution in [0.3, 0.4) is 0 Å². The van der Waals surface area contributed by atoms with Crippen LogP contribution in [0.5, 0.6) is 11.5 Å². The first-order chi connectivity index (χ1) is 13.7. The van der Waals surface area contributed by atoms with Crippen LogP contribution in [0.1, 0.15) is 31.4 Å². The van der Waals surface area contributed by atoms with E-state index in [1.807, 2.05) is 50.2 Å². The Morgan fingerprint density at radius 1 is 0.857 bits per heavy atom. The lowest BCUT2D eigenvalue weighted by Crippen LogP contribution is -2.09. The lowest BCUT2D eigenvalue weighted by Gasteiger charge is -2.15. The van der Waals surface area contributed by atoms with Gasteiger partial charge in [-0.1, -0.05) is 54.6 Å². The quantitative estimate of drug-likeness (QED) is 0.435. The first kappa shape index (κ1) is 19.8. The molecular weight excluding hydrogens is 346 g/mol. The first-order valence-corrected chi connectivity index (χ1v) is 9.96. The van der Waals surface area contributed by atoms with Gasteiger partial charge >= 0.3 is 0 Å². The van der Waals surface area contributed by atoms with Gasteiger partial charge in [0.2, 0.25) is 0 Å². The molecular formula is C25H29NO2. The lowest BCUT2D eigenvalue weighted by atomic mass is 10.1. The number of anilines is 1. The van der Waals surface area contributed by atoms with Crippen LogP contribution >= 0.6 is 0 Å². The Bertz CT molecular complexity index is 846. The van der Waals surface area contributed by atoms with Crippen LogP contribution in [0.4, 0.5) is 5.69 Å². The number of benzene rings is 3. The van der Waals surface area contributed by atoms with Gasteiger partial charge in [0, 0.05) is 23.9 Å². The van der Waals surface area contributed by atoms with E-state index in [0.29, 0.717) is 13.2 Å². The zero-order chi connectivity index (χ0) is 19.6. The van der Waals surface area contributed by atoms with Crippen molar-refractivity contribution in [3.8, 4) is 11.5 Å². The van der Waals surface area contributed by atoms with E-state index in [1.54, 1.807) is 0 Å². The molecule has 0 unspecified atom stereocenters. The highest BCUT2D eigenvalue weighted by molar-refractivity contribution is 5.49. The van der Waals surface area contributed by atoms with Crippen molar-refractivity contribution in [2.75, 3.05) is 11.9 Å². The Morgan fingerprint density at radius 2 is 1.64 bits per heavy atom. The summed E-state index contributed by atoms with van der Waals surface area (Å²) in [7, 11) is 0. The van der Waals surface area contributed by atoms with Crippen LogP contribution in [0.2, 0.25) is 0 Å². The maximum Gasteiger partial charge on any atom is 0.124 e. The predicted octanol–water partition coefficient (Wildman–Crippen LogP) is 6.10. The molecule has 0 saturated heterocycles. The topological polar surface area (TPSA) is 30.5 Å². The second-order valence-corrected chi connectivity index (χ2v) is 7.09. The van der Waals surface area contributed by atoms with Crippen molar-refractivity contribution in [2.24, 2.45) is 0 Å². The summed E-state index contributed by atoms with van der Waals surface area (Å²) in [5, 5.41) is 3.47. The third kappa shape index (κ3) is 6.34. The van der Waals surface area contributed by atoms with Gasteiger partial charge in [0.1, 0.15) is 11.5 Å². The molecule has 0 heterocycles. The Balaban J connectivity index is 1.50. The number of hydrogen-bond acceptors (Lipinski definition) is 3. The summed E-state index contributed by atoms with van der Waals surface area (Å²) in [6.45, 7) is 5.51. The molecule has 3 rings (SSSR count). The number of rotatable bonds is 10. The summed E-state index contributed by atoms with van der Waals surface area (Å²) in [4.78, 5) is 0. The minimum atomic E-state index is 0.161. The summed E-state index contributed by atoms with van der Waals surface area (Å²) < 4.78 is 11.8. The standard InChI is InChI=1S/C25H29NO2/c1-20(2)28-25-16-7-6-13-22(25)19-26-23-14-8-15-24(18-23)27-17-9-12-21-10-4-3-5-11-21/h3-8,10-11,13-16,18,20,26H,9,12,17,19H2,1-2H3. The van der Waals surface area contributed by atoms with Gasteiger partial charge in [0.15, 0.2) is 0 Å². The molecule has 0 fully saturated rings. The van der Waals surface area contributed by atoms with Crippen LogP contribution in [0, 0.1) is 0 Å². The molecule has 0 amide bonds. The number of nitrogens with one attached hydrogen (secondary N) is 1. The summed E-state index contributed by atoms with van der Waals surface area (Å²) in [6.07, 6.45) is 2.20. The Labute approximate surface area is 168 Å². The molecule has 0 saturated carbocycles. The highest BCUT2D eigenvalue weighted by atomic mass is 16.5. The van der Waals surface area contributed by atoms with Gasteiger partial charge in [-0.25, -0.2) is 0 Å². The van der Waals surface area contributed by atoms with Crippen LogP contribution in [0.25, 0.3) is 0 Å². The van der Waals surface area contributed by atoms with Crippen molar-refractivity contribution in [3.05, 3.63) is 90.0 Å². The fourth-order valence-corrected chi connectivity index (χ4v) is 3.02. The van der Waals surface area contributed by atoms with Crippen LogP contribution in [0.15, 0.2) is 78.9 Å². The molecule has 3 heteroatoms. The zero-order valence-corrected chi connectivity index (χ0v) is 16.7. The number of ether oxygens (including phenoxy) is 2. The maximum atomic E-state index is 5.93. The van der Waals surface area contributed by atoms with Crippen molar-refractivity contribution in [1.29, 1.82) is 0 Å².